The lowest BCUT2D eigenvalue weighted by Crippen LogP contribution is -2.43. The van der Waals surface area contributed by atoms with Crippen molar-refractivity contribution in [2.45, 2.75) is 18.6 Å². The van der Waals surface area contributed by atoms with E-state index in [0.29, 0.717) is 5.69 Å². The first kappa shape index (κ1) is 14.3. The molecule has 7 heteroatoms. The van der Waals surface area contributed by atoms with Crippen LogP contribution in [-0.4, -0.2) is 47.8 Å². The first-order chi connectivity index (χ1) is 9.51. The molecule has 1 aromatic carbocycles. The van der Waals surface area contributed by atoms with Gasteiger partial charge in [-0.25, -0.2) is 14.0 Å². The number of hydrogen-bond acceptors (Lipinski definition) is 4. The van der Waals surface area contributed by atoms with Gasteiger partial charge in [-0.15, -0.1) is 0 Å². The van der Waals surface area contributed by atoms with Gasteiger partial charge in [-0.2, -0.15) is 0 Å². The number of urea groups is 1. The van der Waals surface area contributed by atoms with Crippen LogP contribution in [0.25, 0.3) is 0 Å². The fourth-order valence-corrected chi connectivity index (χ4v) is 2.13. The second-order valence-corrected chi connectivity index (χ2v) is 4.52. The molecule has 20 heavy (non-hydrogen) atoms. The average molecular weight is 282 g/mol. The number of carbonyl (C=O) groups excluding carboxylic acids is 2. The van der Waals surface area contributed by atoms with Gasteiger partial charge in [0.2, 0.25) is 0 Å². The third-order valence-electron chi connectivity index (χ3n) is 3.11. The maximum atomic E-state index is 12.8. The van der Waals surface area contributed by atoms with Crippen LogP contribution in [0, 0.1) is 5.82 Å². The Morgan fingerprint density at radius 1 is 1.40 bits per heavy atom. The number of ether oxygens (including phenoxy) is 1. The molecular formula is C13H15FN2O4. The number of hydrogen-bond donors (Lipinski definition) is 2. The first-order valence-corrected chi connectivity index (χ1v) is 6.10. The minimum atomic E-state index is -0.810. The number of likely N-dealkylation sites (tertiary alicyclic amines) is 1. The van der Waals surface area contributed by atoms with E-state index in [9.17, 15) is 19.1 Å². The Hall–Kier alpha value is -2.15. The first-order valence-electron chi connectivity index (χ1n) is 6.10. The third kappa shape index (κ3) is 3.05. The molecule has 0 aromatic heterocycles. The zero-order valence-corrected chi connectivity index (χ0v) is 10.9. The van der Waals surface area contributed by atoms with Gasteiger partial charge in [0.25, 0.3) is 0 Å². The minimum Gasteiger partial charge on any atom is -0.467 e. The molecule has 0 saturated carbocycles. The van der Waals surface area contributed by atoms with Crippen molar-refractivity contribution in [2.24, 2.45) is 0 Å². The van der Waals surface area contributed by atoms with E-state index in [2.05, 4.69) is 10.1 Å². The molecule has 1 aromatic rings. The average Bonchev–Trinajstić information content (AvgIpc) is 2.82. The molecule has 2 N–H and O–H groups in total. The summed E-state index contributed by atoms with van der Waals surface area (Å²) < 4.78 is 17.4. The molecule has 0 radical (unpaired) electrons. The lowest BCUT2D eigenvalue weighted by molar-refractivity contribution is -0.144. The summed E-state index contributed by atoms with van der Waals surface area (Å²) in [6.45, 7) is 0.0484. The molecule has 1 aliphatic heterocycles. The van der Waals surface area contributed by atoms with Crippen molar-refractivity contribution in [3.8, 4) is 0 Å². The van der Waals surface area contributed by atoms with E-state index in [0.717, 1.165) is 0 Å². The summed E-state index contributed by atoms with van der Waals surface area (Å²) in [6, 6.07) is 3.90. The largest absolute Gasteiger partial charge is 0.467 e. The molecule has 1 fully saturated rings. The van der Waals surface area contributed by atoms with Crippen molar-refractivity contribution in [1.29, 1.82) is 0 Å². The Labute approximate surface area is 115 Å². The maximum absolute atomic E-state index is 12.8. The van der Waals surface area contributed by atoms with Crippen LogP contribution in [0.1, 0.15) is 6.42 Å². The van der Waals surface area contributed by atoms with E-state index in [1.54, 1.807) is 0 Å². The van der Waals surface area contributed by atoms with Crippen LogP contribution < -0.4 is 5.32 Å². The second kappa shape index (κ2) is 5.87. The maximum Gasteiger partial charge on any atom is 0.328 e. The molecule has 108 valence electrons. The Morgan fingerprint density at radius 2 is 2.05 bits per heavy atom. The standard InChI is InChI=1S/C13H15FN2O4/c1-20-12(18)11-6-10(17)7-16(11)13(19)15-9-4-2-8(14)3-5-9/h2-5,10-11,17H,6-7H2,1H3,(H,15,19). The predicted octanol–water partition coefficient (Wildman–Crippen LogP) is 0.966. The van der Waals surface area contributed by atoms with Crippen LogP contribution in [0.15, 0.2) is 24.3 Å². The van der Waals surface area contributed by atoms with Crippen molar-refractivity contribution >= 4 is 17.7 Å². The van der Waals surface area contributed by atoms with Gasteiger partial charge in [-0.3, -0.25) is 0 Å². The number of benzene rings is 1. The second-order valence-electron chi connectivity index (χ2n) is 4.52. The number of anilines is 1. The molecule has 2 rings (SSSR count). The van der Waals surface area contributed by atoms with Crippen LogP contribution in [-0.2, 0) is 9.53 Å². The van der Waals surface area contributed by atoms with Gasteiger partial charge in [0, 0.05) is 18.7 Å². The SMILES string of the molecule is COC(=O)C1CC(O)CN1C(=O)Nc1ccc(F)cc1. The quantitative estimate of drug-likeness (QED) is 0.792. The fourth-order valence-electron chi connectivity index (χ4n) is 2.13. The third-order valence-corrected chi connectivity index (χ3v) is 3.11. The number of β-amino-alcohol motifs (C(OH)–C–C–N with tert-alkyl or cyclic N) is 1. The number of methoxy groups -OCH3 is 1. The normalized spacial score (nSPS) is 21.6. The van der Waals surface area contributed by atoms with E-state index in [1.807, 2.05) is 0 Å². The summed E-state index contributed by atoms with van der Waals surface area (Å²) >= 11 is 0. The number of aliphatic hydroxyl groups excluding tert-OH is 1. The van der Waals surface area contributed by atoms with Gasteiger partial charge in [-0.1, -0.05) is 0 Å². The van der Waals surface area contributed by atoms with E-state index in [4.69, 9.17) is 0 Å². The molecular weight excluding hydrogens is 267 g/mol. The smallest absolute Gasteiger partial charge is 0.328 e. The number of aliphatic hydroxyl groups is 1. The van der Waals surface area contributed by atoms with Gasteiger partial charge < -0.3 is 20.1 Å². The number of nitrogens with one attached hydrogen (secondary N) is 1. The number of amides is 2. The molecule has 2 atom stereocenters. The van der Waals surface area contributed by atoms with Gasteiger partial charge in [0.1, 0.15) is 11.9 Å². The highest BCUT2D eigenvalue weighted by atomic mass is 19.1. The van der Waals surface area contributed by atoms with E-state index >= 15 is 0 Å². The van der Waals surface area contributed by atoms with E-state index in [-0.39, 0.29) is 13.0 Å². The van der Waals surface area contributed by atoms with Crippen LogP contribution in [0.4, 0.5) is 14.9 Å². The van der Waals surface area contributed by atoms with Crippen LogP contribution in [0.2, 0.25) is 0 Å². The van der Waals surface area contributed by atoms with Crippen molar-refractivity contribution in [3.63, 3.8) is 0 Å². The van der Waals surface area contributed by atoms with Gasteiger partial charge in [0.15, 0.2) is 0 Å². The van der Waals surface area contributed by atoms with Crippen molar-refractivity contribution in [1.82, 2.24) is 4.90 Å². The topological polar surface area (TPSA) is 78.9 Å². The number of nitrogens with zero attached hydrogens (tertiary/aromatic N) is 1. The molecule has 2 unspecified atom stereocenters. The number of halogens is 1. The highest BCUT2D eigenvalue weighted by molar-refractivity contribution is 5.93. The van der Waals surface area contributed by atoms with Gasteiger partial charge in [-0.05, 0) is 24.3 Å². The summed E-state index contributed by atoms with van der Waals surface area (Å²) in [5.74, 6) is -0.983. The molecule has 1 saturated heterocycles. The lowest BCUT2D eigenvalue weighted by atomic mass is 10.2. The molecule has 1 aliphatic rings. The van der Waals surface area contributed by atoms with Crippen LogP contribution in [0.3, 0.4) is 0 Å². The highest BCUT2D eigenvalue weighted by Gasteiger charge is 2.39. The Kier molecular flexibility index (Phi) is 4.19. The minimum absolute atomic E-state index is 0.0484. The molecule has 1 heterocycles. The van der Waals surface area contributed by atoms with Crippen molar-refractivity contribution < 1.29 is 23.8 Å². The van der Waals surface area contributed by atoms with Crippen LogP contribution in [0.5, 0.6) is 0 Å². The molecule has 2 amide bonds. The monoisotopic (exact) mass is 282 g/mol. The molecule has 0 spiro atoms. The molecule has 0 aliphatic carbocycles. The van der Waals surface area contributed by atoms with Crippen molar-refractivity contribution in [2.75, 3.05) is 19.0 Å². The zero-order valence-electron chi connectivity index (χ0n) is 10.9. The van der Waals surface area contributed by atoms with E-state index < -0.39 is 30.0 Å². The molecule has 0 bridgehead atoms. The Balaban J connectivity index is 2.07. The van der Waals surface area contributed by atoms with Crippen molar-refractivity contribution in [3.05, 3.63) is 30.1 Å². The van der Waals surface area contributed by atoms with Gasteiger partial charge >= 0.3 is 12.0 Å². The van der Waals surface area contributed by atoms with Crippen LogP contribution >= 0.6 is 0 Å². The number of esters is 1. The lowest BCUT2D eigenvalue weighted by Gasteiger charge is -2.22. The summed E-state index contributed by atoms with van der Waals surface area (Å²) in [5.41, 5.74) is 0.404. The van der Waals surface area contributed by atoms with E-state index in [1.165, 1.54) is 36.3 Å². The predicted molar refractivity (Wildman–Crippen MR) is 68.6 cm³/mol. The molecule has 6 nitrogen and oxygen atoms in total. The summed E-state index contributed by atoms with van der Waals surface area (Å²) in [5, 5.41) is 12.1. The van der Waals surface area contributed by atoms with Gasteiger partial charge in [0.05, 0.1) is 13.2 Å². The Morgan fingerprint density at radius 3 is 2.65 bits per heavy atom. The highest BCUT2D eigenvalue weighted by Crippen LogP contribution is 2.20. The Bertz CT molecular complexity index is 506. The summed E-state index contributed by atoms with van der Waals surface area (Å²) in [7, 11) is 1.23. The number of rotatable bonds is 2. The summed E-state index contributed by atoms with van der Waals surface area (Å²) in [4.78, 5) is 24.9. The fraction of sp³-hybridized carbons (Fsp3) is 0.385. The summed E-state index contributed by atoms with van der Waals surface area (Å²) in [6.07, 6.45) is -0.623. The number of carbonyl (C=O) groups is 2. The zero-order chi connectivity index (χ0) is 14.7.